The van der Waals surface area contributed by atoms with Crippen LogP contribution in [0.3, 0.4) is 0 Å². The van der Waals surface area contributed by atoms with Crippen molar-refractivity contribution in [1.82, 2.24) is 10.3 Å². The number of fused-ring (bicyclic) bond motifs is 2. The molecule has 24 heavy (non-hydrogen) atoms. The number of nitrogens with zero attached hydrogens (tertiary/aromatic N) is 2. The average Bonchev–Trinajstić information content (AvgIpc) is 2.70. The molecule has 1 aliphatic heterocycles. The summed E-state index contributed by atoms with van der Waals surface area (Å²) in [6.45, 7) is 6.92. The van der Waals surface area contributed by atoms with Crippen molar-refractivity contribution in [3.05, 3.63) is 23.2 Å². The number of nitrogens with one attached hydrogen (secondary N) is 1. The van der Waals surface area contributed by atoms with E-state index in [4.69, 9.17) is 16.3 Å². The molecule has 2 heterocycles. The number of ether oxygens (including phenoxy) is 1. The molecular weight excluding hydrogens is 333 g/mol. The molecule has 0 spiro atoms. The minimum atomic E-state index is -0.513. The first-order valence-corrected chi connectivity index (χ1v) is 8.66. The molecule has 1 saturated heterocycles. The number of aromatic nitrogens is 1. The van der Waals surface area contributed by atoms with E-state index in [1.165, 1.54) is 0 Å². The topological polar surface area (TPSA) is 54.5 Å². The first-order valence-electron chi connectivity index (χ1n) is 8.28. The van der Waals surface area contributed by atoms with Crippen LogP contribution in [-0.2, 0) is 4.74 Å². The Balaban J connectivity index is 1.68. The highest BCUT2D eigenvalue weighted by Gasteiger charge is 2.43. The second-order valence-corrected chi connectivity index (χ2v) is 8.02. The molecule has 1 saturated carbocycles. The van der Waals surface area contributed by atoms with Crippen molar-refractivity contribution < 1.29 is 13.9 Å². The molecule has 0 radical (unpaired) electrons. The van der Waals surface area contributed by atoms with E-state index in [1.54, 1.807) is 6.07 Å². The Kier molecular flexibility index (Phi) is 4.60. The number of hydrogen-bond acceptors (Lipinski definition) is 4. The van der Waals surface area contributed by atoms with Gasteiger partial charge < -0.3 is 15.0 Å². The Morgan fingerprint density at radius 1 is 1.38 bits per heavy atom. The van der Waals surface area contributed by atoms with Crippen molar-refractivity contribution in [2.24, 2.45) is 11.8 Å². The second-order valence-electron chi connectivity index (χ2n) is 7.63. The molecule has 1 aromatic rings. The minimum absolute atomic E-state index is 0.0801. The molecule has 1 aliphatic carbocycles. The van der Waals surface area contributed by atoms with Crippen molar-refractivity contribution in [1.29, 1.82) is 0 Å². The number of alkyl carbamates (subject to hydrolysis) is 1. The van der Waals surface area contributed by atoms with Gasteiger partial charge in [0.2, 0.25) is 0 Å². The summed E-state index contributed by atoms with van der Waals surface area (Å²) in [6.07, 6.45) is 2.81. The van der Waals surface area contributed by atoms with Crippen LogP contribution in [0.15, 0.2) is 12.3 Å². The number of piperidine rings is 1. The molecule has 1 N–H and O–H groups in total. The van der Waals surface area contributed by atoms with Crippen LogP contribution in [0.5, 0.6) is 0 Å². The lowest BCUT2D eigenvalue weighted by Crippen LogP contribution is -2.53. The number of halogens is 2. The SMILES string of the molecule is CC(C)(C)OC(=O)NC1[C@@H]2CC[C@H]1CN(c1cc(Cl)ncc1F)C2. The number of pyridine rings is 1. The van der Waals surface area contributed by atoms with Crippen LogP contribution in [-0.4, -0.2) is 35.8 Å². The highest BCUT2D eigenvalue weighted by molar-refractivity contribution is 6.29. The summed E-state index contributed by atoms with van der Waals surface area (Å²) >= 11 is 5.91. The van der Waals surface area contributed by atoms with Crippen LogP contribution >= 0.6 is 11.6 Å². The Labute approximate surface area is 146 Å². The van der Waals surface area contributed by atoms with Gasteiger partial charge in [0.1, 0.15) is 10.8 Å². The molecule has 2 aliphatic rings. The summed E-state index contributed by atoms with van der Waals surface area (Å²) < 4.78 is 19.4. The van der Waals surface area contributed by atoms with Gasteiger partial charge in [-0.3, -0.25) is 0 Å². The lowest BCUT2D eigenvalue weighted by Gasteiger charge is -2.39. The van der Waals surface area contributed by atoms with Crippen LogP contribution in [0.25, 0.3) is 0 Å². The van der Waals surface area contributed by atoms with Crippen LogP contribution in [0.2, 0.25) is 5.15 Å². The number of carbonyl (C=O) groups excluding carboxylic acids is 1. The quantitative estimate of drug-likeness (QED) is 0.823. The summed E-state index contributed by atoms with van der Waals surface area (Å²) in [7, 11) is 0. The molecule has 132 valence electrons. The van der Waals surface area contributed by atoms with Crippen molar-refractivity contribution in [3.63, 3.8) is 0 Å². The maximum atomic E-state index is 14.1. The molecule has 1 amide bonds. The predicted octanol–water partition coefficient (Wildman–Crippen LogP) is 3.61. The van der Waals surface area contributed by atoms with Gasteiger partial charge in [-0.25, -0.2) is 14.2 Å². The molecule has 5 nitrogen and oxygen atoms in total. The Bertz CT molecular complexity index is 621. The molecule has 7 heteroatoms. The van der Waals surface area contributed by atoms with Gasteiger partial charge in [0.25, 0.3) is 0 Å². The predicted molar refractivity (Wildman–Crippen MR) is 90.8 cm³/mol. The van der Waals surface area contributed by atoms with E-state index in [2.05, 4.69) is 10.3 Å². The Morgan fingerprint density at radius 2 is 2.00 bits per heavy atom. The van der Waals surface area contributed by atoms with Gasteiger partial charge in [0, 0.05) is 25.2 Å². The summed E-state index contributed by atoms with van der Waals surface area (Å²) in [6, 6.07) is 1.65. The summed E-state index contributed by atoms with van der Waals surface area (Å²) in [5.74, 6) is 0.197. The van der Waals surface area contributed by atoms with E-state index in [-0.39, 0.29) is 34.9 Å². The van der Waals surface area contributed by atoms with Gasteiger partial charge in [-0.1, -0.05) is 11.6 Å². The third-order valence-electron chi connectivity index (χ3n) is 4.66. The van der Waals surface area contributed by atoms with Gasteiger partial charge in [-0.15, -0.1) is 0 Å². The largest absolute Gasteiger partial charge is 0.444 e. The highest BCUT2D eigenvalue weighted by atomic mass is 35.5. The number of amides is 1. The summed E-state index contributed by atoms with van der Waals surface area (Å²) in [5, 5.41) is 3.30. The fourth-order valence-corrected chi connectivity index (χ4v) is 3.90. The Hall–Kier alpha value is -1.56. The first-order chi connectivity index (χ1) is 11.2. The molecule has 3 rings (SSSR count). The smallest absolute Gasteiger partial charge is 0.407 e. The number of hydrogen-bond donors (Lipinski definition) is 1. The maximum absolute atomic E-state index is 14.1. The molecule has 1 aromatic heterocycles. The van der Waals surface area contributed by atoms with Crippen molar-refractivity contribution in [2.75, 3.05) is 18.0 Å². The fourth-order valence-electron chi connectivity index (χ4n) is 3.74. The van der Waals surface area contributed by atoms with E-state index < -0.39 is 5.60 Å². The molecule has 3 atom stereocenters. The van der Waals surface area contributed by atoms with Crippen LogP contribution in [0.4, 0.5) is 14.9 Å². The van der Waals surface area contributed by atoms with Gasteiger partial charge in [0.05, 0.1) is 11.9 Å². The zero-order chi connectivity index (χ0) is 17.5. The lowest BCUT2D eigenvalue weighted by molar-refractivity contribution is 0.0472. The maximum Gasteiger partial charge on any atom is 0.407 e. The van der Waals surface area contributed by atoms with Crippen LogP contribution in [0.1, 0.15) is 33.6 Å². The van der Waals surface area contributed by atoms with Gasteiger partial charge in [-0.05, 0) is 45.4 Å². The van der Waals surface area contributed by atoms with E-state index in [9.17, 15) is 9.18 Å². The highest BCUT2D eigenvalue weighted by Crippen LogP contribution is 2.39. The zero-order valence-corrected chi connectivity index (χ0v) is 14.9. The number of carbonyl (C=O) groups is 1. The molecule has 2 fully saturated rings. The van der Waals surface area contributed by atoms with Gasteiger partial charge in [0.15, 0.2) is 5.82 Å². The third kappa shape index (κ3) is 3.74. The van der Waals surface area contributed by atoms with E-state index >= 15 is 0 Å². The summed E-state index contributed by atoms with van der Waals surface area (Å²) in [5.41, 5.74) is -0.0246. The fraction of sp³-hybridized carbons (Fsp3) is 0.647. The first kappa shape index (κ1) is 17.3. The third-order valence-corrected chi connectivity index (χ3v) is 4.87. The summed E-state index contributed by atoms with van der Waals surface area (Å²) in [4.78, 5) is 17.8. The van der Waals surface area contributed by atoms with Crippen LogP contribution < -0.4 is 10.2 Å². The van der Waals surface area contributed by atoms with E-state index in [0.29, 0.717) is 18.8 Å². The second kappa shape index (κ2) is 6.39. The molecule has 1 unspecified atom stereocenters. The van der Waals surface area contributed by atoms with E-state index in [1.807, 2.05) is 25.7 Å². The Morgan fingerprint density at radius 3 is 2.58 bits per heavy atom. The van der Waals surface area contributed by atoms with Crippen molar-refractivity contribution in [2.45, 2.75) is 45.3 Å². The molecule has 2 bridgehead atoms. The number of rotatable bonds is 2. The van der Waals surface area contributed by atoms with Crippen LogP contribution in [0, 0.1) is 17.7 Å². The standard InChI is InChI=1S/C17H23ClFN3O2/c1-17(2,3)24-16(23)21-15-10-4-5-11(15)9-22(8-10)13-6-14(18)20-7-12(13)19/h6-7,10-11,15H,4-5,8-9H2,1-3H3,(H,21,23)/t10-,11+,15?. The van der Waals surface area contributed by atoms with E-state index in [0.717, 1.165) is 19.0 Å². The number of anilines is 1. The monoisotopic (exact) mass is 355 g/mol. The zero-order valence-electron chi connectivity index (χ0n) is 14.2. The normalized spacial score (nSPS) is 26.4. The molecular formula is C17H23ClFN3O2. The average molecular weight is 356 g/mol. The minimum Gasteiger partial charge on any atom is -0.444 e. The van der Waals surface area contributed by atoms with Crippen molar-refractivity contribution in [3.8, 4) is 0 Å². The molecule has 0 aromatic carbocycles. The van der Waals surface area contributed by atoms with Gasteiger partial charge in [-0.2, -0.15) is 0 Å². The van der Waals surface area contributed by atoms with Crippen molar-refractivity contribution >= 4 is 23.4 Å². The lowest BCUT2D eigenvalue weighted by atomic mass is 9.92. The van der Waals surface area contributed by atoms with Gasteiger partial charge >= 0.3 is 6.09 Å².